The van der Waals surface area contributed by atoms with Crippen LogP contribution in [-0.4, -0.2) is 23.6 Å². The predicted octanol–water partition coefficient (Wildman–Crippen LogP) is 2.74. The fourth-order valence-electron chi connectivity index (χ4n) is 2.49. The van der Waals surface area contributed by atoms with Crippen molar-refractivity contribution in [2.24, 2.45) is 5.92 Å². The number of rotatable bonds is 4. The van der Waals surface area contributed by atoms with E-state index in [1.165, 1.54) is 0 Å². The first-order valence-corrected chi connectivity index (χ1v) is 6.77. The van der Waals surface area contributed by atoms with E-state index in [-0.39, 0.29) is 0 Å². The molecule has 1 aromatic heterocycles. The summed E-state index contributed by atoms with van der Waals surface area (Å²) in [5.74, 6) is 2.98. The quantitative estimate of drug-likeness (QED) is 0.891. The first-order chi connectivity index (χ1) is 8.61. The van der Waals surface area contributed by atoms with Crippen LogP contribution in [0.15, 0.2) is 0 Å². The highest BCUT2D eigenvalue weighted by molar-refractivity contribution is 5.46. The average Bonchev–Trinajstić information content (AvgIpc) is 2.36. The molecule has 100 valence electrons. The Bertz CT molecular complexity index is 400. The summed E-state index contributed by atoms with van der Waals surface area (Å²) in [6.45, 7) is 8.08. The van der Waals surface area contributed by atoms with Crippen molar-refractivity contribution in [3.8, 4) is 0 Å². The van der Waals surface area contributed by atoms with E-state index >= 15 is 0 Å². The molecule has 0 bridgehead atoms. The van der Waals surface area contributed by atoms with Gasteiger partial charge in [0.25, 0.3) is 0 Å². The van der Waals surface area contributed by atoms with Crippen LogP contribution in [0.3, 0.4) is 0 Å². The van der Waals surface area contributed by atoms with E-state index < -0.39 is 0 Å². The van der Waals surface area contributed by atoms with Gasteiger partial charge in [-0.3, -0.25) is 0 Å². The van der Waals surface area contributed by atoms with Crippen LogP contribution in [0.1, 0.15) is 50.2 Å². The fraction of sp³-hybridized carbons (Fsp3) is 0.714. The second kappa shape index (κ2) is 5.65. The standard InChI is InChI=1S/C14H23N3O/c1-9(2)7-10(3)13-16-12-5-6-18-8-11(12)14(15-4)17-13/h9-10H,5-8H2,1-4H3,(H,15,16,17). The highest BCUT2D eigenvalue weighted by Crippen LogP contribution is 2.26. The Morgan fingerprint density at radius 1 is 1.28 bits per heavy atom. The smallest absolute Gasteiger partial charge is 0.135 e. The van der Waals surface area contributed by atoms with Gasteiger partial charge in [0.2, 0.25) is 0 Å². The maximum Gasteiger partial charge on any atom is 0.135 e. The van der Waals surface area contributed by atoms with Gasteiger partial charge in [-0.2, -0.15) is 0 Å². The van der Waals surface area contributed by atoms with Crippen LogP contribution in [0.25, 0.3) is 0 Å². The second-order valence-corrected chi connectivity index (χ2v) is 5.44. The van der Waals surface area contributed by atoms with Gasteiger partial charge >= 0.3 is 0 Å². The maximum atomic E-state index is 5.48. The highest BCUT2D eigenvalue weighted by atomic mass is 16.5. The summed E-state index contributed by atoms with van der Waals surface area (Å²) in [6.07, 6.45) is 2.02. The number of ether oxygens (including phenoxy) is 1. The summed E-state index contributed by atoms with van der Waals surface area (Å²) >= 11 is 0. The van der Waals surface area contributed by atoms with Gasteiger partial charge in [-0.1, -0.05) is 20.8 Å². The molecule has 1 aliphatic rings. The lowest BCUT2D eigenvalue weighted by Gasteiger charge is -2.21. The first kappa shape index (κ1) is 13.3. The topological polar surface area (TPSA) is 47.0 Å². The molecule has 2 heterocycles. The van der Waals surface area contributed by atoms with Crippen molar-refractivity contribution in [3.05, 3.63) is 17.1 Å². The molecule has 0 saturated carbocycles. The molecule has 0 radical (unpaired) electrons. The minimum atomic E-state index is 0.408. The van der Waals surface area contributed by atoms with Crippen LogP contribution in [0.5, 0.6) is 0 Å². The molecule has 1 N–H and O–H groups in total. The maximum absolute atomic E-state index is 5.48. The number of hydrogen-bond acceptors (Lipinski definition) is 4. The molecule has 0 amide bonds. The molecule has 1 aliphatic heterocycles. The Morgan fingerprint density at radius 3 is 2.72 bits per heavy atom. The SMILES string of the molecule is CNc1nc(C(C)CC(C)C)nc2c1COCC2. The van der Waals surface area contributed by atoms with E-state index in [1.54, 1.807) is 0 Å². The monoisotopic (exact) mass is 249 g/mol. The zero-order valence-corrected chi connectivity index (χ0v) is 11.8. The molecular formula is C14H23N3O. The van der Waals surface area contributed by atoms with E-state index in [4.69, 9.17) is 9.72 Å². The van der Waals surface area contributed by atoms with Gasteiger partial charge < -0.3 is 10.1 Å². The number of nitrogens with zero attached hydrogens (tertiary/aromatic N) is 2. The Morgan fingerprint density at radius 2 is 2.06 bits per heavy atom. The third-order valence-corrected chi connectivity index (χ3v) is 3.34. The summed E-state index contributed by atoms with van der Waals surface area (Å²) in [4.78, 5) is 9.40. The van der Waals surface area contributed by atoms with Gasteiger partial charge in [0.05, 0.1) is 18.9 Å². The largest absolute Gasteiger partial charge is 0.376 e. The number of aromatic nitrogens is 2. The summed E-state index contributed by atoms with van der Waals surface area (Å²) < 4.78 is 5.48. The highest BCUT2D eigenvalue weighted by Gasteiger charge is 2.20. The zero-order valence-electron chi connectivity index (χ0n) is 11.8. The van der Waals surface area contributed by atoms with E-state index in [9.17, 15) is 0 Å². The van der Waals surface area contributed by atoms with E-state index in [1.807, 2.05) is 7.05 Å². The molecular weight excluding hydrogens is 226 g/mol. The van der Waals surface area contributed by atoms with Crippen molar-refractivity contribution < 1.29 is 4.74 Å². The number of anilines is 1. The normalized spacial score (nSPS) is 16.5. The van der Waals surface area contributed by atoms with Crippen molar-refractivity contribution in [1.82, 2.24) is 9.97 Å². The summed E-state index contributed by atoms with van der Waals surface area (Å²) in [6, 6.07) is 0. The number of fused-ring (bicyclic) bond motifs is 1. The third-order valence-electron chi connectivity index (χ3n) is 3.34. The fourth-order valence-corrected chi connectivity index (χ4v) is 2.49. The minimum absolute atomic E-state index is 0.408. The Balaban J connectivity index is 2.32. The van der Waals surface area contributed by atoms with Gasteiger partial charge in [0.15, 0.2) is 0 Å². The van der Waals surface area contributed by atoms with Crippen molar-refractivity contribution in [2.45, 2.75) is 46.1 Å². The molecule has 1 aromatic rings. The molecule has 4 heteroatoms. The van der Waals surface area contributed by atoms with Crippen LogP contribution in [0.2, 0.25) is 0 Å². The molecule has 0 aliphatic carbocycles. The van der Waals surface area contributed by atoms with Crippen LogP contribution >= 0.6 is 0 Å². The summed E-state index contributed by atoms with van der Waals surface area (Å²) in [7, 11) is 1.91. The molecule has 0 aromatic carbocycles. The summed E-state index contributed by atoms with van der Waals surface area (Å²) in [5, 5.41) is 3.17. The molecule has 0 fully saturated rings. The molecule has 0 saturated heterocycles. The third kappa shape index (κ3) is 2.80. The van der Waals surface area contributed by atoms with Crippen LogP contribution in [0, 0.1) is 5.92 Å². The Hall–Kier alpha value is -1.16. The van der Waals surface area contributed by atoms with Crippen LogP contribution in [-0.2, 0) is 17.8 Å². The molecule has 18 heavy (non-hydrogen) atoms. The van der Waals surface area contributed by atoms with Crippen LogP contribution < -0.4 is 5.32 Å². The van der Waals surface area contributed by atoms with Gasteiger partial charge in [-0.15, -0.1) is 0 Å². The predicted molar refractivity (Wildman–Crippen MR) is 72.8 cm³/mol. The van der Waals surface area contributed by atoms with Crippen LogP contribution in [0.4, 0.5) is 5.82 Å². The zero-order chi connectivity index (χ0) is 13.1. The molecule has 2 rings (SSSR count). The lowest BCUT2D eigenvalue weighted by atomic mass is 9.97. The van der Waals surface area contributed by atoms with Gasteiger partial charge in [-0.05, 0) is 12.3 Å². The number of hydrogen-bond donors (Lipinski definition) is 1. The van der Waals surface area contributed by atoms with Gasteiger partial charge in [0, 0.05) is 24.9 Å². The van der Waals surface area contributed by atoms with Gasteiger partial charge in [0.1, 0.15) is 11.6 Å². The average molecular weight is 249 g/mol. The lowest BCUT2D eigenvalue weighted by Crippen LogP contribution is -2.18. The molecule has 0 spiro atoms. The summed E-state index contributed by atoms with van der Waals surface area (Å²) in [5.41, 5.74) is 2.29. The van der Waals surface area contributed by atoms with Crippen molar-refractivity contribution in [2.75, 3.05) is 19.0 Å². The Labute approximate surface area is 109 Å². The van der Waals surface area contributed by atoms with Crippen molar-refractivity contribution in [1.29, 1.82) is 0 Å². The van der Waals surface area contributed by atoms with E-state index in [2.05, 4.69) is 31.1 Å². The Kier molecular flexibility index (Phi) is 4.17. The molecule has 1 atom stereocenters. The van der Waals surface area contributed by atoms with Crippen molar-refractivity contribution in [3.63, 3.8) is 0 Å². The second-order valence-electron chi connectivity index (χ2n) is 5.44. The first-order valence-electron chi connectivity index (χ1n) is 6.77. The van der Waals surface area contributed by atoms with Gasteiger partial charge in [-0.25, -0.2) is 9.97 Å². The molecule has 4 nitrogen and oxygen atoms in total. The number of nitrogens with one attached hydrogen (secondary N) is 1. The molecule has 1 unspecified atom stereocenters. The van der Waals surface area contributed by atoms with Crippen molar-refractivity contribution >= 4 is 5.82 Å². The van der Waals surface area contributed by atoms with E-state index in [0.717, 1.165) is 42.3 Å². The minimum Gasteiger partial charge on any atom is -0.376 e. The van der Waals surface area contributed by atoms with E-state index in [0.29, 0.717) is 18.4 Å². The lowest BCUT2D eigenvalue weighted by molar-refractivity contribution is 0.109.